The smallest absolute Gasteiger partial charge is 0.409 e. The quantitative estimate of drug-likeness (QED) is 0.0726. The number of phenols is 3. The molecule has 0 aliphatic heterocycles. The highest BCUT2D eigenvalue weighted by Gasteiger charge is 2.67. The zero-order valence-corrected chi connectivity index (χ0v) is 59.1. The van der Waals surface area contributed by atoms with Crippen molar-refractivity contribution in [2.24, 2.45) is 64.2 Å². The molecule has 13 rings (SSSR count). The fourth-order valence-electron chi connectivity index (χ4n) is 16.9. The number of alkyl carbamates (subject to hydrolysis) is 1. The maximum absolute atomic E-state index is 13.6. The summed E-state index contributed by atoms with van der Waals surface area (Å²) in [5.74, 6) is -19.7. The number of halogens is 1. The first kappa shape index (κ1) is 81.9. The molecule has 0 saturated heterocycles. The third-order valence-electron chi connectivity index (χ3n) is 21.7. The molecule has 0 spiro atoms. The predicted molar refractivity (Wildman–Crippen MR) is 387 cm³/mol. The number of carbonyl (C=O) groups excluding carboxylic acids is 10. The number of hydrogen-bond acceptors (Lipinski definition) is 29. The molecule has 4 aromatic rings. The van der Waals surface area contributed by atoms with Gasteiger partial charge in [-0.05, 0) is 139 Å². The van der Waals surface area contributed by atoms with Gasteiger partial charge in [0.1, 0.15) is 81.9 Å². The Bertz CT molecular complexity index is 4670. The van der Waals surface area contributed by atoms with E-state index in [1.807, 2.05) is 30.3 Å². The molecule has 0 aromatic heterocycles. The van der Waals surface area contributed by atoms with Crippen molar-refractivity contribution in [3.63, 3.8) is 0 Å². The Hall–Kier alpha value is -11.2. The number of ketones is 6. The number of benzene rings is 4. The van der Waals surface area contributed by atoms with Crippen LogP contribution in [0.1, 0.15) is 78.2 Å². The van der Waals surface area contributed by atoms with E-state index in [0.29, 0.717) is 34.2 Å². The van der Waals surface area contributed by atoms with E-state index in [2.05, 4.69) is 6.77 Å². The summed E-state index contributed by atoms with van der Waals surface area (Å²) in [6, 6.07) is 17.1. The van der Waals surface area contributed by atoms with Crippen molar-refractivity contribution in [3.05, 3.63) is 174 Å². The highest BCUT2D eigenvalue weighted by Crippen LogP contribution is 2.57. The molecule has 109 heavy (non-hydrogen) atoms. The summed E-state index contributed by atoms with van der Waals surface area (Å²) in [6.45, 7) is -0.0485. The standard InChI is InChI=1S/2C22H25N3O7.C21H22N2O7.C9H11NO3.CH4.FH.H2/c1-25(2)16-11-6-9-5-10-8(7-23)3-4-12(26)14(10)17(27)13(9)19(29)22(11,32)20(30)15(18(16)28)21(24)31;1-25(2)15-11-6-10-5-8-3-4-9(7-23)16(26)12(8)17(27)13(10)19(29)22(11,32)20(30)14(18(15)28)21(24)31;1-23(2)15-10-7-9-6-8-4-3-5-11(24)12(8)16(25)13(9)18(27)21(10,30)19(28)14(17(15)26)20(22)29;11-7-10-9(12)13-6-8-4-2-1-3-5-8;;;/h3-4,9,11,16,26-27,30,32H,5-7,23H2,1-2H3,(H2,24,31);3-4,10-11,15,26-27,30,32H,5-7,23H2,1-2H3,(H2,24,31);3-5,9-10,15,24-25,28,30H,6-7H2,1-2H3,(H2,22,29);1-5,11H,6-7H2,(H,10,12);1H4;2*1H/t9?,11?,16-,22-;10?,11?,15-,22-;9?,10?,15-,21-;;;;/m000..../s1/i/hT. The van der Waals surface area contributed by atoms with Gasteiger partial charge in [0.05, 0.1) is 34.8 Å². The molecule has 3 fully saturated rings. The van der Waals surface area contributed by atoms with Crippen LogP contribution in [0.5, 0.6) is 17.2 Å². The van der Waals surface area contributed by atoms with Crippen molar-refractivity contribution in [2.75, 3.05) is 49.0 Å². The van der Waals surface area contributed by atoms with Gasteiger partial charge in [0.25, 0.3) is 19.2 Å². The molecular weight excluding hydrogens is 1430 g/mol. The van der Waals surface area contributed by atoms with Gasteiger partial charge in [0.15, 0.2) is 34.2 Å². The molecule has 3 saturated carbocycles. The Morgan fingerprint density at radius 1 is 0.514 bits per heavy atom. The number of nitrogens with two attached hydrogens (primary N) is 5. The number of Topliss-reactive ketones (excluding diaryl/α,β-unsaturated/α-hetero) is 6. The first-order valence-corrected chi connectivity index (χ1v) is 33.6. The lowest BCUT2D eigenvalue weighted by atomic mass is 9.57. The number of amides is 4. The maximum atomic E-state index is 13.6. The Morgan fingerprint density at radius 2 is 0.881 bits per heavy atom. The number of rotatable bonds is 11. The lowest BCUT2D eigenvalue weighted by Crippen LogP contribution is -2.65. The second-order valence-electron chi connectivity index (χ2n) is 28.2. The number of phenolic OH excluding ortho intramolecular Hbond substituents is 3. The molecule has 4 amide bonds. The third kappa shape index (κ3) is 13.4. The predicted octanol–water partition coefficient (Wildman–Crippen LogP) is 0.707. The van der Waals surface area contributed by atoms with Gasteiger partial charge in [-0.3, -0.25) is 67.9 Å². The number of likely N-dealkylation sites (N-methyl/N-ethyl adjacent to an activating group) is 3. The molecule has 12 atom stereocenters. The summed E-state index contributed by atoms with van der Waals surface area (Å²) in [5.41, 5.74) is 20.4. The minimum atomic E-state index is -2.63. The van der Waals surface area contributed by atoms with Crippen LogP contribution in [0.2, 0.25) is 0 Å². The lowest BCUT2D eigenvalue weighted by Gasteiger charge is -2.50. The zero-order chi connectivity index (χ0) is 81.0. The van der Waals surface area contributed by atoms with Gasteiger partial charge < -0.3 is 99.8 Å². The Kier molecular flexibility index (Phi) is 23.4. The highest BCUT2D eigenvalue weighted by atomic mass is 19.0. The largest absolute Gasteiger partial charge is 0.508 e. The number of nitrogens with zero attached hydrogens (tertiary/aromatic N) is 3. The number of hydrogen-bond donors (Lipinski definition) is 19. The molecule has 586 valence electrons. The van der Waals surface area contributed by atoms with Crippen LogP contribution in [-0.2, 0) is 86.8 Å². The minimum absolute atomic E-state index is 0. The van der Waals surface area contributed by atoms with Gasteiger partial charge in [-0.1, -0.05) is 68.1 Å². The molecule has 6 unspecified atom stereocenters. The number of nitrogens with one attached hydrogen (secondary N) is 1. The van der Waals surface area contributed by atoms with E-state index in [0.717, 1.165) is 5.56 Å². The number of ether oxygens (including phenoxy) is 1. The molecular formula is C75H90FN9O24. The van der Waals surface area contributed by atoms with Crippen LogP contribution in [0, 0.1) is 35.5 Å². The minimum Gasteiger partial charge on any atom is -0.508 e. The van der Waals surface area contributed by atoms with E-state index in [1.54, 1.807) is 72.6 Å². The van der Waals surface area contributed by atoms with Crippen LogP contribution in [0.3, 0.4) is 0 Å². The maximum Gasteiger partial charge on any atom is 0.409 e. The van der Waals surface area contributed by atoms with Gasteiger partial charge in [-0.15, -0.1) is 0 Å². The van der Waals surface area contributed by atoms with Crippen molar-refractivity contribution in [1.82, 2.24) is 20.0 Å². The molecule has 0 heterocycles. The molecule has 0 radical (unpaired) electrons. The lowest BCUT2D eigenvalue weighted by molar-refractivity contribution is -0.155. The number of aliphatic hydroxyl groups is 10. The van der Waals surface area contributed by atoms with Gasteiger partial charge in [-0.25, -0.2) is 4.79 Å². The zero-order valence-electron chi connectivity index (χ0n) is 60.1. The monoisotopic (exact) mass is 1520 g/mol. The van der Waals surface area contributed by atoms with E-state index < -0.39 is 187 Å². The van der Waals surface area contributed by atoms with Crippen molar-refractivity contribution < 1.29 is 125 Å². The molecule has 33 nitrogen and oxygen atoms in total. The average molecular weight is 1520 g/mol. The second-order valence-corrected chi connectivity index (χ2v) is 28.2. The third-order valence-corrected chi connectivity index (χ3v) is 21.7. The van der Waals surface area contributed by atoms with Crippen molar-refractivity contribution >= 4 is 75.8 Å². The van der Waals surface area contributed by atoms with Crippen LogP contribution >= 0.6 is 0 Å². The van der Waals surface area contributed by atoms with Crippen molar-refractivity contribution in [2.45, 2.75) is 101 Å². The summed E-state index contributed by atoms with van der Waals surface area (Å²) in [6.07, 6.45) is 0.356. The first-order chi connectivity index (χ1) is 51.3. The SMILES string of the molecule is C.CN(C)[C@@H]1C(=O)C(C(N)=O)=C(O)[C@@]2(O)C(=O)C3=C(O)c4c(O)ccc(CN)c4CC3CC12.CN(C)[C@@H]1C(=O)C(C(N)=O)=C(O)[C@@]2(O)C(=O)C3=C(O)c4c(O)cccc4CC3CC12.CN(C)[C@@H]1C(=O)C(C(N)=O)=C(O)[C@@]2(O)C(=O)C3=C(O)c4c(ccc(CN)c4O)CC3CC12.O=C(NCO)OCc1ccccc1.[3H]F.[HH]. The normalized spacial score (nSPS) is 27.1. The summed E-state index contributed by atoms with van der Waals surface area (Å²) < 4.78 is 17.8. The summed E-state index contributed by atoms with van der Waals surface area (Å²) in [7, 11) is 9.34. The topological polar surface area (TPSA) is 595 Å². The summed E-state index contributed by atoms with van der Waals surface area (Å²) in [4.78, 5) is 130. The van der Waals surface area contributed by atoms with Crippen molar-refractivity contribution in [1.29, 1.82) is 1.45 Å². The molecule has 0 bridgehead atoms. The van der Waals surface area contributed by atoms with Gasteiger partial charge in [0.2, 0.25) is 17.3 Å². The summed E-state index contributed by atoms with van der Waals surface area (Å²) in [5, 5.41) is 141. The van der Waals surface area contributed by atoms with Crippen LogP contribution in [0.25, 0.3) is 17.3 Å². The number of carbonyl (C=O) groups is 10. The van der Waals surface area contributed by atoms with Gasteiger partial charge in [-0.2, -0.15) is 0 Å². The Labute approximate surface area is 624 Å². The van der Waals surface area contributed by atoms with Crippen LogP contribution in [-0.4, -0.2) is 225 Å². The fraction of sp³-hybridized carbons (Fsp3) is 0.387. The number of fused-ring (bicyclic) bond motifs is 9. The first-order valence-electron chi connectivity index (χ1n) is 34.0. The average Bonchev–Trinajstić information content (AvgIpc) is 0.720. The second kappa shape index (κ2) is 31.2. The molecule has 34 heteroatoms. The number of aromatic hydroxyl groups is 3. The molecule has 4 aromatic carbocycles. The Balaban J connectivity index is 0.000000210. The van der Waals surface area contributed by atoms with Crippen LogP contribution in [0.4, 0.5) is 9.51 Å². The van der Waals surface area contributed by atoms with E-state index in [1.165, 1.54) is 26.8 Å². The van der Waals surface area contributed by atoms with Crippen LogP contribution in [0.15, 0.2) is 124 Å². The summed E-state index contributed by atoms with van der Waals surface area (Å²) >= 11 is 0. The fourth-order valence-corrected chi connectivity index (χ4v) is 16.9. The van der Waals surface area contributed by atoms with Gasteiger partial charge >= 0.3 is 6.09 Å². The number of primary amides is 3. The van der Waals surface area contributed by atoms with E-state index in [9.17, 15) is 109 Å². The Morgan fingerprint density at radius 3 is 1.27 bits per heavy atom. The van der Waals surface area contributed by atoms with Gasteiger partial charge in [0, 0.05) is 54.6 Å². The van der Waals surface area contributed by atoms with Crippen molar-refractivity contribution in [3.8, 4) is 17.2 Å². The highest BCUT2D eigenvalue weighted by molar-refractivity contribution is 6.27. The van der Waals surface area contributed by atoms with E-state index >= 15 is 0 Å². The van der Waals surface area contributed by atoms with E-state index in [-0.39, 0.29) is 111 Å². The number of aliphatic hydroxyl groups excluding tert-OH is 7. The molecule has 9 aliphatic rings. The van der Waals surface area contributed by atoms with E-state index in [4.69, 9.17) is 43.2 Å². The molecule has 24 N–H and O–H groups in total. The molecule has 9 aliphatic carbocycles. The van der Waals surface area contributed by atoms with Crippen LogP contribution < -0.4 is 34.0 Å².